The van der Waals surface area contributed by atoms with Gasteiger partial charge in [0, 0.05) is 26.7 Å². The first-order valence-corrected chi connectivity index (χ1v) is 3.84. The van der Waals surface area contributed by atoms with Crippen LogP contribution in [0, 0.1) is 0 Å². The highest BCUT2D eigenvalue weighted by Crippen LogP contribution is 2.21. The molecule has 0 unspecified atom stereocenters. The van der Waals surface area contributed by atoms with Crippen LogP contribution in [0.15, 0.2) is 22.9 Å². The first-order chi connectivity index (χ1) is 5.88. The molecule has 1 aromatic rings. The van der Waals surface area contributed by atoms with E-state index in [1.807, 2.05) is 0 Å². The standard InChI is InChI=1S/C6H4BrF3NO2/c7-5-2-1-4(3-11(5)12)13-6(8,9)10/h1-3,12H/q+1. The molecule has 0 atom stereocenters. The number of pyridine rings is 1. The molecule has 0 aliphatic carbocycles. The Morgan fingerprint density at radius 3 is 2.46 bits per heavy atom. The van der Waals surface area contributed by atoms with Crippen LogP contribution < -0.4 is 9.47 Å². The molecule has 1 N–H and O–H groups in total. The Hall–Kier alpha value is -0.980. The Kier molecular flexibility index (Phi) is 2.65. The minimum absolute atomic E-state index is 0.224. The van der Waals surface area contributed by atoms with Gasteiger partial charge in [0.1, 0.15) is 0 Å². The van der Waals surface area contributed by atoms with Gasteiger partial charge in [0.05, 0.1) is 0 Å². The third-order valence-electron chi connectivity index (χ3n) is 1.09. The zero-order valence-electron chi connectivity index (χ0n) is 6.05. The van der Waals surface area contributed by atoms with Gasteiger partial charge < -0.3 is 4.74 Å². The molecule has 1 heterocycles. The summed E-state index contributed by atoms with van der Waals surface area (Å²) in [6.07, 6.45) is -3.96. The van der Waals surface area contributed by atoms with Gasteiger partial charge in [-0.15, -0.1) is 13.2 Å². The lowest BCUT2D eigenvalue weighted by molar-refractivity contribution is -0.913. The lowest BCUT2D eigenvalue weighted by atomic mass is 10.5. The van der Waals surface area contributed by atoms with Gasteiger partial charge >= 0.3 is 6.36 Å². The molecule has 0 bridgehead atoms. The number of nitrogens with zero attached hydrogens (tertiary/aromatic N) is 1. The number of rotatable bonds is 1. The number of alkyl halides is 3. The number of aromatic nitrogens is 1. The van der Waals surface area contributed by atoms with Gasteiger partial charge in [0.2, 0.25) is 0 Å². The number of hydrogen-bond acceptors (Lipinski definition) is 2. The largest absolute Gasteiger partial charge is 0.573 e. The van der Waals surface area contributed by atoms with Crippen molar-refractivity contribution in [3.05, 3.63) is 22.9 Å². The van der Waals surface area contributed by atoms with Crippen LogP contribution in [0.2, 0.25) is 0 Å². The highest BCUT2D eigenvalue weighted by atomic mass is 79.9. The molecule has 0 aliphatic rings. The summed E-state index contributed by atoms with van der Waals surface area (Å²) in [5, 5.41) is 8.92. The van der Waals surface area contributed by atoms with Crippen molar-refractivity contribution in [3.63, 3.8) is 0 Å². The Morgan fingerprint density at radius 2 is 2.00 bits per heavy atom. The van der Waals surface area contributed by atoms with Crippen molar-refractivity contribution in [1.82, 2.24) is 0 Å². The lowest BCUT2D eigenvalue weighted by Gasteiger charge is -2.05. The zero-order valence-corrected chi connectivity index (χ0v) is 7.63. The monoisotopic (exact) mass is 258 g/mol. The van der Waals surface area contributed by atoms with Gasteiger partial charge in [-0.1, -0.05) is 0 Å². The fraction of sp³-hybridized carbons (Fsp3) is 0.167. The average molecular weight is 259 g/mol. The van der Waals surface area contributed by atoms with E-state index in [4.69, 9.17) is 5.21 Å². The third kappa shape index (κ3) is 3.10. The van der Waals surface area contributed by atoms with Crippen LogP contribution in [0.25, 0.3) is 0 Å². The summed E-state index contributed by atoms with van der Waals surface area (Å²) in [5.41, 5.74) is 0. The second-order valence-electron chi connectivity index (χ2n) is 2.08. The summed E-state index contributed by atoms with van der Waals surface area (Å²) in [6.45, 7) is 0. The van der Waals surface area contributed by atoms with Crippen LogP contribution in [0.3, 0.4) is 0 Å². The first kappa shape index (κ1) is 10.1. The van der Waals surface area contributed by atoms with Gasteiger partial charge in [-0.05, 0) is 6.07 Å². The fourth-order valence-electron chi connectivity index (χ4n) is 0.646. The predicted molar refractivity (Wildman–Crippen MR) is 38.2 cm³/mol. The third-order valence-corrected chi connectivity index (χ3v) is 1.71. The van der Waals surface area contributed by atoms with Crippen LogP contribution >= 0.6 is 15.9 Å². The summed E-state index contributed by atoms with van der Waals surface area (Å²) < 4.78 is 39.2. The highest BCUT2D eigenvalue weighted by molar-refractivity contribution is 9.10. The summed E-state index contributed by atoms with van der Waals surface area (Å²) in [6, 6.07) is 2.30. The van der Waals surface area contributed by atoms with E-state index in [0.717, 1.165) is 12.3 Å². The van der Waals surface area contributed by atoms with E-state index in [1.165, 1.54) is 6.07 Å². The van der Waals surface area contributed by atoms with Gasteiger partial charge in [-0.2, -0.15) is 0 Å². The molecule has 0 spiro atoms. The maximum Gasteiger partial charge on any atom is 0.573 e. The Labute approximate surface area is 79.5 Å². The molecule has 0 fully saturated rings. The molecule has 3 nitrogen and oxygen atoms in total. The number of ether oxygens (including phenoxy) is 1. The van der Waals surface area contributed by atoms with Crippen molar-refractivity contribution in [2.75, 3.05) is 0 Å². The van der Waals surface area contributed by atoms with Crippen molar-refractivity contribution < 1.29 is 27.8 Å². The minimum atomic E-state index is -4.75. The number of halogens is 4. The topological polar surface area (TPSA) is 33.3 Å². The average Bonchev–Trinajstić information content (AvgIpc) is 1.94. The maximum atomic E-state index is 11.6. The molecular weight excluding hydrogens is 255 g/mol. The Morgan fingerprint density at radius 1 is 1.38 bits per heavy atom. The fourth-order valence-corrected chi connectivity index (χ4v) is 0.881. The zero-order chi connectivity index (χ0) is 10.1. The predicted octanol–water partition coefficient (Wildman–Crippen LogP) is 1.87. The molecule has 0 saturated heterocycles. The molecule has 7 heteroatoms. The smallest absolute Gasteiger partial charge is 0.399 e. The van der Waals surface area contributed by atoms with Crippen molar-refractivity contribution in [2.45, 2.75) is 6.36 Å². The molecule has 0 aromatic carbocycles. The summed E-state index contributed by atoms with van der Waals surface area (Å²) in [4.78, 5) is 0. The van der Waals surface area contributed by atoms with Crippen LogP contribution in [-0.2, 0) is 0 Å². The summed E-state index contributed by atoms with van der Waals surface area (Å²) in [7, 11) is 0. The minimum Gasteiger partial charge on any atom is -0.399 e. The van der Waals surface area contributed by atoms with E-state index >= 15 is 0 Å². The number of hydrogen-bond donors (Lipinski definition) is 1. The van der Waals surface area contributed by atoms with Crippen molar-refractivity contribution >= 4 is 15.9 Å². The molecule has 0 amide bonds. The van der Waals surface area contributed by atoms with Gasteiger partial charge in [0.25, 0.3) is 10.8 Å². The lowest BCUT2D eigenvalue weighted by Crippen LogP contribution is -2.32. The van der Waals surface area contributed by atoms with E-state index in [1.54, 1.807) is 0 Å². The Balaban J connectivity index is 2.86. The summed E-state index contributed by atoms with van der Waals surface area (Å²) in [5.74, 6) is -0.488. The van der Waals surface area contributed by atoms with Crippen LogP contribution in [0.1, 0.15) is 0 Å². The molecule has 1 rings (SSSR count). The van der Waals surface area contributed by atoms with E-state index in [9.17, 15) is 13.2 Å². The normalized spacial score (nSPS) is 11.4. The highest BCUT2D eigenvalue weighted by Gasteiger charge is 2.32. The van der Waals surface area contributed by atoms with Gasteiger partial charge in [-0.3, -0.25) is 5.21 Å². The SMILES string of the molecule is O[n+]1cc(OC(F)(F)F)ccc1Br. The van der Waals surface area contributed by atoms with Crippen LogP contribution in [0.5, 0.6) is 5.75 Å². The molecule has 0 aliphatic heterocycles. The maximum absolute atomic E-state index is 11.6. The van der Waals surface area contributed by atoms with Crippen molar-refractivity contribution in [3.8, 4) is 5.75 Å². The van der Waals surface area contributed by atoms with E-state index in [-0.39, 0.29) is 4.60 Å². The molecule has 72 valence electrons. The summed E-state index contributed by atoms with van der Waals surface area (Å²) >= 11 is 2.89. The van der Waals surface area contributed by atoms with Crippen LogP contribution in [0.4, 0.5) is 13.2 Å². The first-order valence-electron chi connectivity index (χ1n) is 3.05. The van der Waals surface area contributed by atoms with Crippen molar-refractivity contribution in [2.24, 2.45) is 0 Å². The Bertz CT molecular complexity index is 315. The quantitative estimate of drug-likeness (QED) is 0.474. The molecule has 0 radical (unpaired) electrons. The van der Waals surface area contributed by atoms with Gasteiger partial charge in [0.15, 0.2) is 5.75 Å². The van der Waals surface area contributed by atoms with Crippen LogP contribution in [-0.4, -0.2) is 11.6 Å². The molecule has 0 saturated carbocycles. The van der Waals surface area contributed by atoms with E-state index in [0.29, 0.717) is 4.73 Å². The molecule has 13 heavy (non-hydrogen) atoms. The molecular formula is C6H4BrF3NO2+. The van der Waals surface area contributed by atoms with Crippen molar-refractivity contribution in [1.29, 1.82) is 0 Å². The second-order valence-corrected chi connectivity index (χ2v) is 2.89. The molecule has 1 aromatic heterocycles. The van der Waals surface area contributed by atoms with E-state index < -0.39 is 12.1 Å². The van der Waals surface area contributed by atoms with Gasteiger partial charge in [-0.25, -0.2) is 0 Å². The second kappa shape index (κ2) is 3.41. The van der Waals surface area contributed by atoms with E-state index in [2.05, 4.69) is 20.7 Å².